The maximum absolute atomic E-state index is 12.4. The molecule has 5 heteroatoms. The van der Waals surface area contributed by atoms with Gasteiger partial charge in [0, 0.05) is 18.3 Å². The minimum Gasteiger partial charge on any atom is -0.399 e. The summed E-state index contributed by atoms with van der Waals surface area (Å²) in [6.45, 7) is 2.89. The Balaban J connectivity index is 2.70. The number of hydrogen-bond acceptors (Lipinski definition) is 2. The lowest BCUT2D eigenvalue weighted by molar-refractivity contribution is -0.150. The summed E-state index contributed by atoms with van der Waals surface area (Å²) >= 11 is 0. The van der Waals surface area contributed by atoms with Crippen LogP contribution in [0.5, 0.6) is 0 Å². The van der Waals surface area contributed by atoms with Crippen molar-refractivity contribution in [2.24, 2.45) is 0 Å². The van der Waals surface area contributed by atoms with Crippen molar-refractivity contribution in [2.75, 3.05) is 12.3 Å². The van der Waals surface area contributed by atoms with Gasteiger partial charge in [-0.1, -0.05) is 12.1 Å². The van der Waals surface area contributed by atoms with E-state index in [1.54, 1.807) is 38.1 Å². The van der Waals surface area contributed by atoms with E-state index in [1.807, 2.05) is 0 Å². The average molecular weight is 246 g/mol. The SMILES string of the molecule is CC(C)N(Cc1ccc(N)cc1)CC(F)(F)F. The summed E-state index contributed by atoms with van der Waals surface area (Å²) in [4.78, 5) is 1.38. The molecule has 1 rings (SSSR count). The standard InChI is InChI=1S/C12H17F3N2/c1-9(2)17(8-12(13,14)15)7-10-3-5-11(16)6-4-10/h3-6,9H,7-8,16H2,1-2H3. The molecule has 0 fully saturated rings. The Kier molecular flexibility index (Phi) is 4.40. The van der Waals surface area contributed by atoms with Crippen molar-refractivity contribution in [2.45, 2.75) is 32.6 Å². The second-order valence-corrected chi connectivity index (χ2v) is 4.36. The van der Waals surface area contributed by atoms with Gasteiger partial charge in [0.1, 0.15) is 0 Å². The van der Waals surface area contributed by atoms with Gasteiger partial charge in [-0.15, -0.1) is 0 Å². The molecule has 0 atom stereocenters. The maximum Gasteiger partial charge on any atom is 0.401 e. The molecule has 96 valence electrons. The fraction of sp³-hybridized carbons (Fsp3) is 0.500. The van der Waals surface area contributed by atoms with Gasteiger partial charge in [0.2, 0.25) is 0 Å². The highest BCUT2D eigenvalue weighted by Gasteiger charge is 2.31. The predicted molar refractivity (Wildman–Crippen MR) is 62.5 cm³/mol. The van der Waals surface area contributed by atoms with E-state index < -0.39 is 12.7 Å². The third kappa shape index (κ3) is 5.08. The van der Waals surface area contributed by atoms with Crippen LogP contribution < -0.4 is 5.73 Å². The minimum absolute atomic E-state index is 0.158. The number of nitrogens with two attached hydrogens (primary N) is 1. The number of alkyl halides is 3. The Labute approximate surface area is 99.2 Å². The van der Waals surface area contributed by atoms with E-state index in [1.165, 1.54) is 4.90 Å². The fourth-order valence-corrected chi connectivity index (χ4v) is 1.51. The quantitative estimate of drug-likeness (QED) is 0.827. The molecule has 0 saturated heterocycles. The molecule has 2 N–H and O–H groups in total. The third-order valence-corrected chi connectivity index (χ3v) is 2.48. The van der Waals surface area contributed by atoms with Crippen LogP contribution >= 0.6 is 0 Å². The molecule has 0 aliphatic rings. The summed E-state index contributed by atoms with van der Waals surface area (Å²) in [6, 6.07) is 6.74. The first kappa shape index (κ1) is 13.8. The van der Waals surface area contributed by atoms with Crippen LogP contribution in [0.25, 0.3) is 0 Å². The summed E-state index contributed by atoms with van der Waals surface area (Å²) in [5, 5.41) is 0. The fourth-order valence-electron chi connectivity index (χ4n) is 1.51. The summed E-state index contributed by atoms with van der Waals surface area (Å²) in [5.41, 5.74) is 6.97. The maximum atomic E-state index is 12.4. The van der Waals surface area contributed by atoms with Gasteiger partial charge in [-0.05, 0) is 31.5 Å². The molecule has 0 saturated carbocycles. The van der Waals surface area contributed by atoms with Crippen LogP contribution in [0.2, 0.25) is 0 Å². The van der Waals surface area contributed by atoms with Crippen molar-refractivity contribution < 1.29 is 13.2 Å². The summed E-state index contributed by atoms with van der Waals surface area (Å²) in [7, 11) is 0. The zero-order chi connectivity index (χ0) is 13.1. The zero-order valence-electron chi connectivity index (χ0n) is 9.96. The van der Waals surface area contributed by atoms with Crippen LogP contribution in [0.3, 0.4) is 0 Å². The zero-order valence-corrected chi connectivity index (χ0v) is 9.96. The van der Waals surface area contributed by atoms with Gasteiger partial charge in [0.25, 0.3) is 0 Å². The number of nitrogen functional groups attached to an aromatic ring is 1. The minimum atomic E-state index is -4.17. The van der Waals surface area contributed by atoms with E-state index >= 15 is 0 Å². The van der Waals surface area contributed by atoms with E-state index in [0.29, 0.717) is 5.69 Å². The van der Waals surface area contributed by atoms with E-state index in [9.17, 15) is 13.2 Å². The van der Waals surface area contributed by atoms with Gasteiger partial charge >= 0.3 is 6.18 Å². The van der Waals surface area contributed by atoms with Gasteiger partial charge in [-0.3, -0.25) is 4.90 Å². The van der Waals surface area contributed by atoms with E-state index in [0.717, 1.165) is 5.56 Å². The number of benzene rings is 1. The lowest BCUT2D eigenvalue weighted by Crippen LogP contribution is -2.38. The van der Waals surface area contributed by atoms with E-state index in [2.05, 4.69) is 0 Å². The lowest BCUT2D eigenvalue weighted by Gasteiger charge is -2.27. The monoisotopic (exact) mass is 246 g/mol. The number of hydrogen-bond donors (Lipinski definition) is 1. The first-order valence-corrected chi connectivity index (χ1v) is 5.43. The van der Waals surface area contributed by atoms with Crippen LogP contribution in [0.4, 0.5) is 18.9 Å². The first-order chi connectivity index (χ1) is 7.78. The number of anilines is 1. The molecular formula is C12H17F3N2. The second-order valence-electron chi connectivity index (χ2n) is 4.36. The highest BCUT2D eigenvalue weighted by Crippen LogP contribution is 2.20. The summed E-state index contributed by atoms with van der Waals surface area (Å²) < 4.78 is 37.1. The van der Waals surface area contributed by atoms with E-state index in [-0.39, 0.29) is 12.6 Å². The molecule has 0 aromatic heterocycles. The topological polar surface area (TPSA) is 29.3 Å². The molecule has 0 bridgehead atoms. The highest BCUT2D eigenvalue weighted by molar-refractivity contribution is 5.39. The Hall–Kier alpha value is -1.23. The second kappa shape index (κ2) is 5.40. The number of nitrogens with zero attached hydrogens (tertiary/aromatic N) is 1. The van der Waals surface area contributed by atoms with Crippen molar-refractivity contribution in [1.82, 2.24) is 4.90 Å². The lowest BCUT2D eigenvalue weighted by atomic mass is 10.1. The van der Waals surface area contributed by atoms with Crippen LogP contribution in [-0.2, 0) is 6.54 Å². The summed E-state index contributed by atoms with van der Waals surface area (Å²) in [6.07, 6.45) is -4.17. The van der Waals surface area contributed by atoms with Crippen molar-refractivity contribution in [3.63, 3.8) is 0 Å². The normalized spacial score (nSPS) is 12.4. The molecule has 0 aliphatic carbocycles. The van der Waals surface area contributed by atoms with E-state index in [4.69, 9.17) is 5.73 Å². The molecule has 0 heterocycles. The average Bonchev–Trinajstić information content (AvgIpc) is 2.18. The Morgan fingerprint density at radius 2 is 1.71 bits per heavy atom. The van der Waals surface area contributed by atoms with Crippen LogP contribution in [0, 0.1) is 0 Å². The van der Waals surface area contributed by atoms with Gasteiger partial charge < -0.3 is 5.73 Å². The smallest absolute Gasteiger partial charge is 0.399 e. The predicted octanol–water partition coefficient (Wildman–Crippen LogP) is 3.04. The largest absolute Gasteiger partial charge is 0.401 e. The molecule has 17 heavy (non-hydrogen) atoms. The first-order valence-electron chi connectivity index (χ1n) is 5.43. The Bertz CT molecular complexity index is 344. The molecule has 0 radical (unpaired) electrons. The molecule has 1 aromatic rings. The molecule has 0 amide bonds. The number of halogens is 3. The van der Waals surface area contributed by atoms with Crippen molar-refractivity contribution in [3.8, 4) is 0 Å². The van der Waals surface area contributed by atoms with Gasteiger partial charge in [-0.25, -0.2) is 0 Å². The molecule has 2 nitrogen and oxygen atoms in total. The van der Waals surface area contributed by atoms with Crippen LogP contribution in [0.1, 0.15) is 19.4 Å². The van der Waals surface area contributed by atoms with Crippen LogP contribution in [0.15, 0.2) is 24.3 Å². The van der Waals surface area contributed by atoms with Crippen LogP contribution in [-0.4, -0.2) is 23.7 Å². The van der Waals surface area contributed by atoms with Gasteiger partial charge in [0.05, 0.1) is 6.54 Å². The summed E-state index contributed by atoms with van der Waals surface area (Å²) in [5.74, 6) is 0. The molecular weight excluding hydrogens is 229 g/mol. The van der Waals surface area contributed by atoms with Gasteiger partial charge in [0.15, 0.2) is 0 Å². The van der Waals surface area contributed by atoms with Crippen molar-refractivity contribution in [1.29, 1.82) is 0 Å². The number of rotatable bonds is 4. The molecule has 1 aromatic carbocycles. The Morgan fingerprint density at radius 3 is 2.12 bits per heavy atom. The highest BCUT2D eigenvalue weighted by atomic mass is 19.4. The molecule has 0 aliphatic heterocycles. The van der Waals surface area contributed by atoms with Crippen molar-refractivity contribution >= 4 is 5.69 Å². The van der Waals surface area contributed by atoms with Gasteiger partial charge in [-0.2, -0.15) is 13.2 Å². The molecule has 0 spiro atoms. The molecule has 0 unspecified atom stereocenters. The third-order valence-electron chi connectivity index (χ3n) is 2.48. The van der Waals surface area contributed by atoms with Crippen molar-refractivity contribution in [3.05, 3.63) is 29.8 Å². The Morgan fingerprint density at radius 1 is 1.18 bits per heavy atom.